The normalized spacial score (nSPS) is 23.4. The molecule has 0 spiro atoms. The van der Waals surface area contributed by atoms with E-state index in [-0.39, 0.29) is 16.8 Å². The number of piperidine rings is 1. The van der Waals surface area contributed by atoms with Crippen LogP contribution in [0.4, 0.5) is 0 Å². The predicted molar refractivity (Wildman–Crippen MR) is 94.6 cm³/mol. The third-order valence-electron chi connectivity index (χ3n) is 4.65. The zero-order valence-corrected chi connectivity index (χ0v) is 15.2. The van der Waals surface area contributed by atoms with Crippen LogP contribution < -0.4 is 5.73 Å². The summed E-state index contributed by atoms with van der Waals surface area (Å²) in [6.07, 6.45) is 4.35. The molecule has 3 heterocycles. The van der Waals surface area contributed by atoms with Gasteiger partial charge in [0.1, 0.15) is 10.6 Å². The van der Waals surface area contributed by atoms with Crippen molar-refractivity contribution < 1.29 is 13.2 Å². The Morgan fingerprint density at radius 1 is 1.29 bits per heavy atom. The molecule has 1 amide bonds. The number of aromatic nitrogens is 1. The number of amides is 1. The largest absolute Gasteiger partial charge is 0.356 e. The SMILES string of the molecule is NCC1CCCCN1C(=O)c1cc(S(=O)(=O)N2CCSCC2)c[nH]1. The number of hydrogen-bond acceptors (Lipinski definition) is 5. The molecule has 1 aromatic heterocycles. The molecule has 3 N–H and O–H groups in total. The molecule has 1 unspecified atom stereocenters. The third-order valence-corrected chi connectivity index (χ3v) is 7.47. The smallest absolute Gasteiger partial charge is 0.270 e. The van der Waals surface area contributed by atoms with Crippen molar-refractivity contribution in [1.82, 2.24) is 14.2 Å². The van der Waals surface area contributed by atoms with Crippen molar-refractivity contribution in [2.75, 3.05) is 37.7 Å². The van der Waals surface area contributed by atoms with Crippen LogP contribution in [0.1, 0.15) is 29.8 Å². The van der Waals surface area contributed by atoms with Gasteiger partial charge in [-0.25, -0.2) is 8.42 Å². The van der Waals surface area contributed by atoms with Crippen LogP contribution in [0.5, 0.6) is 0 Å². The van der Waals surface area contributed by atoms with Gasteiger partial charge in [0.2, 0.25) is 10.0 Å². The van der Waals surface area contributed by atoms with Gasteiger partial charge in [0.05, 0.1) is 0 Å². The lowest BCUT2D eigenvalue weighted by Crippen LogP contribution is -2.47. The lowest BCUT2D eigenvalue weighted by molar-refractivity contribution is 0.0618. The van der Waals surface area contributed by atoms with Crippen molar-refractivity contribution in [3.05, 3.63) is 18.0 Å². The number of likely N-dealkylation sites (tertiary alicyclic amines) is 1. The summed E-state index contributed by atoms with van der Waals surface area (Å²) in [5, 5.41) is 0. The molecule has 0 bridgehead atoms. The highest BCUT2D eigenvalue weighted by Crippen LogP contribution is 2.23. The molecule has 24 heavy (non-hydrogen) atoms. The maximum absolute atomic E-state index is 12.7. The minimum absolute atomic E-state index is 0.0359. The number of aromatic amines is 1. The predicted octanol–water partition coefficient (Wildman–Crippen LogP) is 0.706. The molecule has 0 saturated carbocycles. The van der Waals surface area contributed by atoms with Crippen LogP contribution in [0.2, 0.25) is 0 Å². The molecule has 0 aromatic carbocycles. The molecule has 7 nitrogen and oxygen atoms in total. The quantitative estimate of drug-likeness (QED) is 0.811. The van der Waals surface area contributed by atoms with Crippen molar-refractivity contribution in [2.24, 2.45) is 5.73 Å². The molecule has 3 rings (SSSR count). The Balaban J connectivity index is 1.78. The van der Waals surface area contributed by atoms with Crippen molar-refractivity contribution in [1.29, 1.82) is 0 Å². The molecule has 1 aromatic rings. The Hall–Kier alpha value is -1.03. The van der Waals surface area contributed by atoms with Gasteiger partial charge in [-0.2, -0.15) is 16.1 Å². The van der Waals surface area contributed by atoms with E-state index in [1.54, 1.807) is 16.7 Å². The van der Waals surface area contributed by atoms with Gasteiger partial charge in [0.15, 0.2) is 0 Å². The monoisotopic (exact) mass is 372 g/mol. The number of nitrogens with one attached hydrogen (secondary N) is 1. The summed E-state index contributed by atoms with van der Waals surface area (Å²) in [5.41, 5.74) is 6.09. The van der Waals surface area contributed by atoms with E-state index in [0.29, 0.717) is 31.9 Å². The highest BCUT2D eigenvalue weighted by Gasteiger charge is 2.30. The number of hydrogen-bond donors (Lipinski definition) is 2. The van der Waals surface area contributed by atoms with E-state index in [9.17, 15) is 13.2 Å². The standard InChI is InChI=1S/C15H24N4O3S2/c16-10-12-3-1-2-4-19(12)15(20)14-9-13(11-17-14)24(21,22)18-5-7-23-8-6-18/h9,11-12,17H,1-8,10,16H2. The average molecular weight is 373 g/mol. The Bertz CT molecular complexity index is 683. The first kappa shape index (κ1) is 17.8. The molecule has 2 aliphatic heterocycles. The molecule has 2 saturated heterocycles. The van der Waals surface area contributed by atoms with E-state index in [2.05, 4.69) is 4.98 Å². The van der Waals surface area contributed by atoms with Crippen molar-refractivity contribution in [2.45, 2.75) is 30.2 Å². The first-order valence-corrected chi connectivity index (χ1v) is 10.9. The van der Waals surface area contributed by atoms with Crippen LogP contribution in [0.3, 0.4) is 0 Å². The summed E-state index contributed by atoms with van der Waals surface area (Å²) in [4.78, 5) is 17.5. The summed E-state index contributed by atoms with van der Waals surface area (Å²) in [5.74, 6) is 1.45. The summed E-state index contributed by atoms with van der Waals surface area (Å²) < 4.78 is 26.8. The second-order valence-corrected chi connectivity index (χ2v) is 9.31. The van der Waals surface area contributed by atoms with Gasteiger partial charge in [-0.15, -0.1) is 0 Å². The molecular weight excluding hydrogens is 348 g/mol. The fourth-order valence-electron chi connectivity index (χ4n) is 3.25. The number of carbonyl (C=O) groups excluding carboxylic acids is 1. The minimum Gasteiger partial charge on any atom is -0.356 e. The van der Waals surface area contributed by atoms with E-state index >= 15 is 0 Å². The fraction of sp³-hybridized carbons (Fsp3) is 0.667. The molecule has 9 heteroatoms. The number of thioether (sulfide) groups is 1. The van der Waals surface area contributed by atoms with E-state index in [1.165, 1.54) is 16.6 Å². The van der Waals surface area contributed by atoms with Gasteiger partial charge in [0.25, 0.3) is 5.91 Å². The molecule has 2 fully saturated rings. The van der Waals surface area contributed by atoms with E-state index in [1.807, 2.05) is 0 Å². The number of H-pyrrole nitrogens is 1. The highest BCUT2D eigenvalue weighted by atomic mass is 32.2. The Labute approximate surface area is 147 Å². The fourth-order valence-corrected chi connectivity index (χ4v) is 5.82. The van der Waals surface area contributed by atoms with Crippen molar-refractivity contribution in [3.8, 4) is 0 Å². The number of rotatable bonds is 4. The van der Waals surface area contributed by atoms with E-state index < -0.39 is 10.0 Å². The molecule has 0 aliphatic carbocycles. The summed E-state index contributed by atoms with van der Waals surface area (Å²) in [6.45, 7) is 2.14. The van der Waals surface area contributed by atoms with Crippen LogP contribution in [0.25, 0.3) is 0 Å². The van der Waals surface area contributed by atoms with E-state index in [4.69, 9.17) is 5.73 Å². The van der Waals surface area contributed by atoms with Gasteiger partial charge in [0, 0.05) is 49.9 Å². The summed E-state index contributed by atoms with van der Waals surface area (Å²) >= 11 is 1.76. The minimum atomic E-state index is -3.53. The molecule has 134 valence electrons. The van der Waals surface area contributed by atoms with E-state index in [0.717, 1.165) is 30.8 Å². The van der Waals surface area contributed by atoms with Crippen molar-refractivity contribution in [3.63, 3.8) is 0 Å². The maximum atomic E-state index is 12.7. The first-order chi connectivity index (χ1) is 11.5. The van der Waals surface area contributed by atoms with Gasteiger partial charge >= 0.3 is 0 Å². The molecular formula is C15H24N4O3S2. The van der Waals surface area contributed by atoms with Gasteiger partial charge in [-0.3, -0.25) is 4.79 Å². The van der Waals surface area contributed by atoms with Crippen molar-refractivity contribution >= 4 is 27.7 Å². The van der Waals surface area contributed by atoms with Crippen LogP contribution in [-0.4, -0.2) is 72.2 Å². The number of sulfonamides is 1. The second-order valence-electron chi connectivity index (χ2n) is 6.15. The second kappa shape index (κ2) is 7.47. The zero-order chi connectivity index (χ0) is 17.2. The average Bonchev–Trinajstić information content (AvgIpc) is 3.13. The number of carbonyl (C=O) groups is 1. The maximum Gasteiger partial charge on any atom is 0.270 e. The lowest BCUT2D eigenvalue weighted by Gasteiger charge is -2.34. The molecule has 2 aliphatic rings. The van der Waals surface area contributed by atoms with Crippen LogP contribution in [-0.2, 0) is 10.0 Å². The zero-order valence-electron chi connectivity index (χ0n) is 13.6. The molecule has 1 atom stereocenters. The Morgan fingerprint density at radius 3 is 2.75 bits per heavy atom. The lowest BCUT2D eigenvalue weighted by atomic mass is 10.0. The van der Waals surface area contributed by atoms with Gasteiger partial charge in [-0.05, 0) is 25.3 Å². The highest BCUT2D eigenvalue weighted by molar-refractivity contribution is 7.99. The summed E-state index contributed by atoms with van der Waals surface area (Å²) in [7, 11) is -3.53. The first-order valence-electron chi connectivity index (χ1n) is 8.31. The topological polar surface area (TPSA) is 99.5 Å². The van der Waals surface area contributed by atoms with Crippen LogP contribution in [0.15, 0.2) is 17.2 Å². The Kier molecular flexibility index (Phi) is 5.53. The van der Waals surface area contributed by atoms with Crippen LogP contribution >= 0.6 is 11.8 Å². The Morgan fingerprint density at radius 2 is 2.04 bits per heavy atom. The van der Waals surface area contributed by atoms with Crippen LogP contribution in [0, 0.1) is 0 Å². The van der Waals surface area contributed by atoms with Gasteiger partial charge in [-0.1, -0.05) is 0 Å². The number of nitrogens with two attached hydrogens (primary N) is 1. The number of nitrogens with zero attached hydrogens (tertiary/aromatic N) is 2. The third kappa shape index (κ3) is 3.49. The summed E-state index contributed by atoms with van der Waals surface area (Å²) in [6, 6.07) is 1.50. The molecule has 0 radical (unpaired) electrons. The van der Waals surface area contributed by atoms with Gasteiger partial charge < -0.3 is 15.6 Å².